The van der Waals surface area contributed by atoms with Gasteiger partial charge in [0.05, 0.1) is 19.8 Å². The molecule has 0 aliphatic heterocycles. The lowest BCUT2D eigenvalue weighted by Gasteiger charge is -2.22. The average Bonchev–Trinajstić information content (AvgIpc) is 3.12. The highest BCUT2D eigenvalue weighted by atomic mass is 79.9. The number of aldehydes is 1. The van der Waals surface area contributed by atoms with Crippen LogP contribution in [0.3, 0.4) is 0 Å². The van der Waals surface area contributed by atoms with Gasteiger partial charge in [-0.25, -0.2) is 19.2 Å². The van der Waals surface area contributed by atoms with Crippen LogP contribution in [0.1, 0.15) is 84.6 Å². The fourth-order valence-corrected chi connectivity index (χ4v) is 7.13. The third-order valence-corrected chi connectivity index (χ3v) is 10.4. The molecule has 3 aromatic rings. The number of rotatable bonds is 10. The van der Waals surface area contributed by atoms with Gasteiger partial charge < -0.3 is 38.8 Å². The summed E-state index contributed by atoms with van der Waals surface area (Å²) < 4.78 is 37.9. The summed E-state index contributed by atoms with van der Waals surface area (Å²) in [4.78, 5) is 42.1. The van der Waals surface area contributed by atoms with E-state index in [1.54, 1.807) is 54.5 Å². The number of allylic oxidation sites excluding steroid dienone is 3. The van der Waals surface area contributed by atoms with Crippen molar-refractivity contribution in [2.24, 2.45) is 5.92 Å². The molecule has 3 N–H and O–H groups in total. The van der Waals surface area contributed by atoms with Crippen molar-refractivity contribution >= 4 is 34.2 Å². The molecule has 4 rings (SSSR count). The Morgan fingerprint density at radius 3 is 1.80 bits per heavy atom. The lowest BCUT2D eigenvalue weighted by Crippen LogP contribution is -2.20. The van der Waals surface area contributed by atoms with Crippen LogP contribution in [0.5, 0.6) is 28.7 Å². The zero-order valence-corrected chi connectivity index (χ0v) is 33.9. The smallest absolute Gasteiger partial charge is 0.347 e. The minimum atomic E-state index is -0.959. The average molecular weight is 814 g/mol. The molecule has 1 aliphatic carbocycles. The van der Waals surface area contributed by atoms with Crippen LogP contribution < -0.4 is 19.1 Å². The third kappa shape index (κ3) is 8.02. The van der Waals surface area contributed by atoms with E-state index in [1.807, 2.05) is 6.92 Å². The lowest BCUT2D eigenvalue weighted by atomic mass is 9.93. The number of aromatic hydroxyl groups is 1. The molecule has 1 unspecified atom stereocenters. The molecule has 0 saturated carbocycles. The molecule has 0 saturated heterocycles. The van der Waals surface area contributed by atoms with Crippen LogP contribution in [-0.2, 0) is 22.4 Å². The van der Waals surface area contributed by atoms with E-state index in [4.69, 9.17) is 18.9 Å². The van der Waals surface area contributed by atoms with Crippen LogP contribution in [-0.4, -0.2) is 47.9 Å². The highest BCUT2D eigenvalue weighted by molar-refractivity contribution is 9.10. The number of hydrogen-bond acceptors (Lipinski definition) is 11. The second-order valence-corrected chi connectivity index (χ2v) is 13.5. The molecule has 1 atom stereocenters. The van der Waals surface area contributed by atoms with Gasteiger partial charge in [0.25, 0.3) is 0 Å². The Bertz CT molecular complexity index is 2070. The summed E-state index contributed by atoms with van der Waals surface area (Å²) in [7, 11) is 2.89. The highest BCUT2D eigenvalue weighted by Gasteiger charge is 2.31. The molecule has 13 heteroatoms. The predicted octanol–water partition coefficient (Wildman–Crippen LogP) is 9.22. The Balaban J connectivity index is 0.000000553. The molecule has 0 spiro atoms. The number of aliphatic hydroxyl groups excluding tert-OH is 1. The molecular formula is C41H46BrFO11. The number of carbonyl (C=O) groups excluding carboxylic acids is 3. The van der Waals surface area contributed by atoms with Gasteiger partial charge in [0.15, 0.2) is 17.3 Å². The van der Waals surface area contributed by atoms with Crippen LogP contribution in [0, 0.1) is 60.2 Å². The number of benzene rings is 3. The van der Waals surface area contributed by atoms with Gasteiger partial charge >= 0.3 is 11.9 Å². The maximum Gasteiger partial charge on any atom is 0.347 e. The van der Waals surface area contributed by atoms with Crippen molar-refractivity contribution in [1.29, 1.82) is 0 Å². The first-order chi connectivity index (χ1) is 25.4. The zero-order valence-electron chi connectivity index (χ0n) is 32.3. The second-order valence-electron chi connectivity index (χ2n) is 12.7. The molecule has 0 aromatic heterocycles. The Morgan fingerprint density at radius 2 is 1.28 bits per heavy atom. The van der Waals surface area contributed by atoms with Crippen LogP contribution in [0.2, 0.25) is 0 Å². The predicted molar refractivity (Wildman–Crippen MR) is 205 cm³/mol. The van der Waals surface area contributed by atoms with E-state index in [0.29, 0.717) is 85.8 Å². The second kappa shape index (κ2) is 17.8. The van der Waals surface area contributed by atoms with Crippen molar-refractivity contribution in [2.45, 2.75) is 75.2 Å². The van der Waals surface area contributed by atoms with Crippen molar-refractivity contribution in [3.63, 3.8) is 0 Å². The number of methoxy groups -OCH3 is 2. The molecule has 0 fully saturated rings. The van der Waals surface area contributed by atoms with Crippen LogP contribution in [0.4, 0.5) is 4.39 Å². The van der Waals surface area contributed by atoms with Crippen molar-refractivity contribution in [3.8, 4) is 28.7 Å². The van der Waals surface area contributed by atoms with E-state index in [9.17, 15) is 29.9 Å². The van der Waals surface area contributed by atoms with Gasteiger partial charge in [0, 0.05) is 27.8 Å². The number of aliphatic hydroxyl groups is 1. The Labute approximate surface area is 322 Å². The SMILES string of the molecule is C=C1C=C(O)C(C=O)C(OC)=C1.CCc1c(C)c(OO)c(C)c(C)c1OC(=O)c1c(C)c(F)c(OC(=O)c2c(C)c(C)c(OC)c(Br)c2O)c(CC)c1C. The number of esters is 2. The first-order valence-corrected chi connectivity index (χ1v) is 17.7. The Hall–Kier alpha value is -5.14. The monoisotopic (exact) mass is 812 g/mol. The van der Waals surface area contributed by atoms with Crippen molar-refractivity contribution in [1.82, 2.24) is 0 Å². The quantitative estimate of drug-likeness (QED) is 0.0589. The fourth-order valence-electron chi connectivity index (χ4n) is 6.47. The van der Waals surface area contributed by atoms with Gasteiger partial charge in [-0.15, -0.1) is 0 Å². The summed E-state index contributed by atoms with van der Waals surface area (Å²) in [6.45, 7) is 18.9. The maximum atomic E-state index is 16.0. The molecule has 0 radical (unpaired) electrons. The molecule has 0 heterocycles. The largest absolute Gasteiger partial charge is 0.511 e. The van der Waals surface area contributed by atoms with Gasteiger partial charge in [-0.05, 0) is 117 Å². The van der Waals surface area contributed by atoms with E-state index in [1.165, 1.54) is 27.2 Å². The van der Waals surface area contributed by atoms with Gasteiger partial charge in [-0.1, -0.05) is 20.4 Å². The first-order valence-electron chi connectivity index (χ1n) is 16.9. The summed E-state index contributed by atoms with van der Waals surface area (Å²) >= 11 is 3.25. The highest BCUT2D eigenvalue weighted by Crippen LogP contribution is 2.43. The summed E-state index contributed by atoms with van der Waals surface area (Å²) in [5.41, 5.74) is 4.68. The minimum Gasteiger partial charge on any atom is -0.511 e. The summed E-state index contributed by atoms with van der Waals surface area (Å²) in [5.74, 6) is -2.61. The normalized spacial score (nSPS) is 13.6. The van der Waals surface area contributed by atoms with E-state index in [-0.39, 0.29) is 39.1 Å². The number of phenolic OH excluding ortho intramolecular Hbond substituents is 1. The summed E-state index contributed by atoms with van der Waals surface area (Å²) in [6, 6.07) is 0. The zero-order chi connectivity index (χ0) is 40.9. The summed E-state index contributed by atoms with van der Waals surface area (Å²) in [5, 5.41) is 29.4. The van der Waals surface area contributed by atoms with E-state index in [2.05, 4.69) is 27.4 Å². The van der Waals surface area contributed by atoms with Crippen molar-refractivity contribution < 1.29 is 58.1 Å². The molecule has 11 nitrogen and oxygen atoms in total. The van der Waals surface area contributed by atoms with Gasteiger partial charge in [-0.2, -0.15) is 0 Å². The van der Waals surface area contributed by atoms with Crippen LogP contribution in [0.15, 0.2) is 40.3 Å². The van der Waals surface area contributed by atoms with Crippen LogP contribution in [0.25, 0.3) is 0 Å². The first kappa shape index (κ1) is 43.3. The van der Waals surface area contributed by atoms with Crippen molar-refractivity contribution in [3.05, 3.63) is 107 Å². The van der Waals surface area contributed by atoms with Crippen molar-refractivity contribution in [2.75, 3.05) is 14.2 Å². The molecular weight excluding hydrogens is 767 g/mol. The third-order valence-electron chi connectivity index (χ3n) is 9.70. The minimum absolute atomic E-state index is 0.0189. The van der Waals surface area contributed by atoms with Gasteiger partial charge in [0.1, 0.15) is 51.0 Å². The number of ether oxygens (including phenoxy) is 4. The van der Waals surface area contributed by atoms with E-state index < -0.39 is 29.4 Å². The Morgan fingerprint density at radius 1 is 0.759 bits per heavy atom. The summed E-state index contributed by atoms with van der Waals surface area (Å²) in [6.07, 6.45) is 4.43. The molecule has 3 aromatic carbocycles. The number of phenols is 1. The maximum absolute atomic E-state index is 16.0. The lowest BCUT2D eigenvalue weighted by molar-refractivity contribution is -0.138. The van der Waals surface area contributed by atoms with Gasteiger partial charge in [0.2, 0.25) is 0 Å². The van der Waals surface area contributed by atoms with E-state index >= 15 is 4.39 Å². The molecule has 290 valence electrons. The topological polar surface area (TPSA) is 158 Å². The van der Waals surface area contributed by atoms with E-state index in [0.717, 1.165) is 0 Å². The molecule has 54 heavy (non-hydrogen) atoms. The number of halogens is 2. The standard InChI is InChI=1S/C32H36BrFO8.C9H10O3/c1-11-20-17(7)22(31(36)40-28-16(6)15(5)27(42-38)18(8)21(28)12-2)19(9)25(34)30(20)41-32(37)23-13(3)14(4)29(39-10)24(33)26(23)35;1-6-3-8(11)7(5-10)9(4-6)12-2/h35,38H,11-12H2,1-10H3;3-5,7,11H,1H2,2H3. The number of hydrogen-bond donors (Lipinski definition) is 3. The number of carbonyl (C=O) groups is 3. The molecule has 1 aliphatic rings. The van der Waals surface area contributed by atoms with Gasteiger partial charge in [-0.3, -0.25) is 0 Å². The van der Waals surface area contributed by atoms with Crippen LogP contribution >= 0.6 is 15.9 Å². The fraction of sp³-hybridized carbons (Fsp3) is 0.341. The molecule has 0 amide bonds. The Kier molecular flexibility index (Phi) is 14.3. The molecule has 0 bridgehead atoms.